The molecule has 0 N–H and O–H groups in total. The molecule has 0 radical (unpaired) electrons. The van der Waals surface area contributed by atoms with E-state index in [-0.39, 0.29) is 10.8 Å². The lowest BCUT2D eigenvalue weighted by Gasteiger charge is -2.19. The quantitative estimate of drug-likeness (QED) is 0.147. The van der Waals surface area contributed by atoms with Gasteiger partial charge in [0, 0.05) is 107 Å². The number of rotatable bonds is 6. The van der Waals surface area contributed by atoms with E-state index < -0.39 is 0 Å². The predicted octanol–water partition coefficient (Wildman–Crippen LogP) is 29.4. The second-order valence-corrected chi connectivity index (χ2v) is 34.3. The molecule has 0 atom stereocenters. The Balaban J connectivity index is 0.885. The highest BCUT2D eigenvalue weighted by Gasteiger charge is 2.19. The molecule has 0 aliphatic heterocycles. The Morgan fingerprint density at radius 3 is 0.655 bits per heavy atom. The molecule has 0 saturated heterocycles. The standard InChI is InChI=1S/C110H76Br4N2/c1-9-115-55-51-93(52-56-115)107-103-71-95(87-43-47-97(48-44-87)109(3,4)5)72-104(107)90-37-29-76(30-38-90)20-24-84-60-80(64-100(112)68-84)16-12-14-18-82-62-86(70-102(114)66-82)26-22-78-33-41-92(42-34-78)106-74-96(88-45-49-98(50-46-88)110(6,7)8)73-105(108(106)94-53-57-116(10-2)58-54-94)91-39-31-77(32-40-91)21-25-85-61-81(65-101(113)69-85)17-13-11-15-79-59-83(67-99(111)63-79)23-19-75-27-35-89(103)36-28-75/h27-74H,9-10H2,1-8H3/q+2. The van der Waals surface area contributed by atoms with Crippen LogP contribution in [0.25, 0.3) is 152 Å². The SMILES string of the molecule is CC[n+]1ccc(-c2c3cc(-c4ccc(C(C)(C)C)cc4)cc2c2ccc(c#cc4cc(Br)cc(c#cc#cc5cc(Br)cc(c#cc6ccc(cc6)c6cc(-c7ccc(C(C)(C)C)cc7)cc(c6-c6cc[n+](CC)cc6)c6ccc(c#cc7cc(Br)cc(c#cc#cc8cc(Br)cc(c#cc9ccc3cc9)c8)c7)cc6)c5)c4)cc2)cc1. The molecule has 116 heavy (non-hydrogen) atoms. The van der Waals surface area contributed by atoms with Gasteiger partial charge in [-0.3, -0.25) is 0 Å². The monoisotopic (exact) mass is 1740 g/mol. The molecular formula is C110H76Br4N2+2. The van der Waals surface area contributed by atoms with E-state index in [1.54, 1.807) is 0 Å². The van der Waals surface area contributed by atoms with Crippen molar-refractivity contribution in [2.24, 2.45) is 0 Å². The van der Waals surface area contributed by atoms with Crippen LogP contribution in [0, 0.1) is 97.1 Å². The van der Waals surface area contributed by atoms with E-state index in [2.05, 4.69) is 444 Å². The number of nitrogens with zero attached hydrogens (tertiary/aromatic N) is 2. The Labute approximate surface area is 715 Å². The Bertz CT molecular complexity index is 6090. The summed E-state index contributed by atoms with van der Waals surface area (Å²) in [5.41, 5.74) is 11.5. The summed E-state index contributed by atoms with van der Waals surface area (Å²) in [7, 11) is 0. The Morgan fingerprint density at radius 2 is 0.440 bits per heavy atom. The van der Waals surface area contributed by atoms with Crippen molar-refractivity contribution in [1.29, 1.82) is 0 Å². The maximum absolute atomic E-state index is 3.75. The first kappa shape index (κ1) is 78.6. The molecule has 2 heterocycles. The molecule has 20 bridgehead atoms. The minimum absolute atomic E-state index is 0.00334. The first-order valence-corrected chi connectivity index (χ1v) is 41.7. The minimum atomic E-state index is 0.00334. The number of aromatic nitrogens is 2. The van der Waals surface area contributed by atoms with Crippen LogP contribution in [-0.4, -0.2) is 0 Å². The third-order valence-electron chi connectivity index (χ3n) is 20.3. The van der Waals surface area contributed by atoms with Crippen LogP contribution in [-0.2, 0) is 23.9 Å². The number of hydrogen-bond donors (Lipinski definition) is 0. The fourth-order valence-corrected chi connectivity index (χ4v) is 16.0. The maximum Gasteiger partial charge on any atom is 0.169 e. The molecule has 0 aliphatic rings. The van der Waals surface area contributed by atoms with Crippen LogP contribution in [0.4, 0.5) is 0 Å². The molecule has 0 unspecified atom stereocenters. The normalized spacial score (nSPS) is 10.8. The second-order valence-electron chi connectivity index (χ2n) is 30.6. The van der Waals surface area contributed by atoms with E-state index in [9.17, 15) is 0 Å². The van der Waals surface area contributed by atoms with Gasteiger partial charge in [0.1, 0.15) is 13.1 Å². The van der Waals surface area contributed by atoms with Gasteiger partial charge in [-0.25, -0.2) is 9.13 Å². The van der Waals surface area contributed by atoms with Gasteiger partial charge in [-0.15, -0.1) is 0 Å². The van der Waals surface area contributed by atoms with Gasteiger partial charge in [0.15, 0.2) is 24.8 Å². The van der Waals surface area contributed by atoms with Crippen molar-refractivity contribution in [1.82, 2.24) is 0 Å². The molecule has 0 spiro atoms. The van der Waals surface area contributed by atoms with E-state index in [4.69, 9.17) is 0 Å². The number of pyridine rings is 2. The molecular weight excluding hydrogens is 1670 g/mol. The van der Waals surface area contributed by atoms with E-state index >= 15 is 0 Å². The second kappa shape index (κ2) is 35.0. The van der Waals surface area contributed by atoms with E-state index in [1.165, 1.54) is 11.1 Å². The van der Waals surface area contributed by atoms with Crippen molar-refractivity contribution in [3.63, 3.8) is 0 Å². The van der Waals surface area contributed by atoms with E-state index in [0.29, 0.717) is 0 Å². The number of hydrogen-bond acceptors (Lipinski definition) is 0. The first-order valence-electron chi connectivity index (χ1n) is 38.5. The zero-order chi connectivity index (χ0) is 80.5. The highest BCUT2D eigenvalue weighted by molar-refractivity contribution is 9.11. The first-order chi connectivity index (χ1) is 56.1. The van der Waals surface area contributed by atoms with Crippen LogP contribution in [0.15, 0.2) is 310 Å². The molecule has 0 aliphatic carbocycles. The van der Waals surface area contributed by atoms with Crippen LogP contribution in [0.5, 0.6) is 0 Å². The Kier molecular flexibility index (Phi) is 23.7. The van der Waals surface area contributed by atoms with Crippen LogP contribution >= 0.6 is 63.7 Å². The Hall–Kier alpha value is -12.7. The summed E-state index contributed by atoms with van der Waals surface area (Å²) in [6.07, 6.45) is 8.65. The van der Waals surface area contributed by atoms with Crippen LogP contribution in [0.3, 0.4) is 0 Å². The molecule has 21 aromatic rings. The summed E-state index contributed by atoms with van der Waals surface area (Å²) in [4.78, 5) is 0. The molecule has 21 rings (SSSR count). The molecule has 6 heteroatoms. The van der Waals surface area contributed by atoms with Gasteiger partial charge in [0.2, 0.25) is 0 Å². The molecule has 2 aromatic heterocycles. The minimum Gasteiger partial charge on any atom is -0.205 e. The summed E-state index contributed by atoms with van der Waals surface area (Å²) in [5.74, 6) is 0. The zero-order valence-corrected chi connectivity index (χ0v) is 71.9. The topological polar surface area (TPSA) is 7.76 Å². The van der Waals surface area contributed by atoms with Crippen molar-refractivity contribution >= 4 is 171 Å². The van der Waals surface area contributed by atoms with Gasteiger partial charge in [0.25, 0.3) is 0 Å². The zero-order valence-electron chi connectivity index (χ0n) is 65.5. The average molecular weight is 1750 g/mol. The van der Waals surface area contributed by atoms with Crippen LogP contribution in [0.2, 0.25) is 0 Å². The van der Waals surface area contributed by atoms with E-state index in [1.807, 2.05) is 72.8 Å². The average Bonchev–Trinajstić information content (AvgIpc) is 0.763. The molecule has 19 aromatic carbocycles. The summed E-state index contributed by atoms with van der Waals surface area (Å²) >= 11 is 15.0. The fourth-order valence-electron chi connectivity index (χ4n) is 14.0. The van der Waals surface area contributed by atoms with Gasteiger partial charge < -0.3 is 0 Å². The van der Waals surface area contributed by atoms with Crippen LogP contribution < -0.4 is 9.13 Å². The van der Waals surface area contributed by atoms with Gasteiger partial charge in [-0.1, -0.05) is 275 Å². The number of benzene rings is 12. The van der Waals surface area contributed by atoms with Crippen LogP contribution in [0.1, 0.15) is 66.5 Å². The van der Waals surface area contributed by atoms with Crippen molar-refractivity contribution in [3.8, 4) is 44.5 Å². The van der Waals surface area contributed by atoms with Crippen molar-refractivity contribution in [2.45, 2.75) is 79.3 Å². The highest BCUT2D eigenvalue weighted by atomic mass is 79.9. The number of aryl methyl sites for hydroxylation is 2. The van der Waals surface area contributed by atoms with Crippen molar-refractivity contribution in [3.05, 3.63) is 418 Å². The van der Waals surface area contributed by atoms with Crippen molar-refractivity contribution in [2.75, 3.05) is 0 Å². The Morgan fingerprint density at radius 1 is 0.224 bits per heavy atom. The fraction of sp³-hybridized carbons (Fsp3) is 0.109. The number of halogens is 4. The lowest BCUT2D eigenvalue weighted by molar-refractivity contribution is -0.693. The predicted molar refractivity (Wildman–Crippen MR) is 497 cm³/mol. The lowest BCUT2D eigenvalue weighted by Crippen LogP contribution is -2.30. The van der Waals surface area contributed by atoms with Gasteiger partial charge in [-0.2, -0.15) is 0 Å². The maximum atomic E-state index is 3.75. The third kappa shape index (κ3) is 19.4. The third-order valence-corrected chi connectivity index (χ3v) is 22.1. The van der Waals surface area contributed by atoms with Gasteiger partial charge >= 0.3 is 0 Å². The molecule has 0 fully saturated rings. The molecule has 552 valence electrons. The highest BCUT2D eigenvalue weighted by Crippen LogP contribution is 2.41. The summed E-state index contributed by atoms with van der Waals surface area (Å²) in [6.45, 7) is 19.6. The summed E-state index contributed by atoms with van der Waals surface area (Å²) in [5, 5.41) is 18.7. The van der Waals surface area contributed by atoms with Crippen molar-refractivity contribution < 1.29 is 9.13 Å². The van der Waals surface area contributed by atoms with Gasteiger partial charge in [0.05, 0.1) is 0 Å². The lowest BCUT2D eigenvalue weighted by atomic mass is 9.85. The smallest absolute Gasteiger partial charge is 0.169 e. The summed E-state index contributed by atoms with van der Waals surface area (Å²) < 4.78 is 7.87. The largest absolute Gasteiger partial charge is 0.205 e. The molecule has 2 nitrogen and oxygen atoms in total. The summed E-state index contributed by atoms with van der Waals surface area (Å²) in [6, 6.07) is 148. The molecule has 0 amide bonds. The van der Waals surface area contributed by atoms with Gasteiger partial charge in [-0.05, 0) is 293 Å². The van der Waals surface area contributed by atoms with E-state index in [0.717, 1.165) is 183 Å². The molecule has 0 saturated carbocycles.